The molecule has 1 fully saturated rings. The highest BCUT2D eigenvalue weighted by Gasteiger charge is 2.30. The summed E-state index contributed by atoms with van der Waals surface area (Å²) >= 11 is 0. The van der Waals surface area contributed by atoms with Crippen molar-refractivity contribution in [2.75, 3.05) is 32.8 Å². The highest BCUT2D eigenvalue weighted by atomic mass is 16.5. The normalized spacial score (nSPS) is 14.3. The monoisotopic (exact) mass is 362 g/mol. The van der Waals surface area contributed by atoms with Crippen molar-refractivity contribution in [3.05, 3.63) is 22.8 Å². The van der Waals surface area contributed by atoms with E-state index in [9.17, 15) is 14.4 Å². The van der Waals surface area contributed by atoms with Crippen molar-refractivity contribution in [1.29, 1.82) is 0 Å². The quantitative estimate of drug-likeness (QED) is 0.731. The smallest absolute Gasteiger partial charge is 0.342 e. The first-order valence-corrected chi connectivity index (χ1v) is 8.98. The van der Waals surface area contributed by atoms with Gasteiger partial charge in [0.2, 0.25) is 5.91 Å². The van der Waals surface area contributed by atoms with Crippen molar-refractivity contribution in [3.8, 4) is 0 Å². The van der Waals surface area contributed by atoms with Crippen LogP contribution in [0, 0.1) is 6.92 Å². The number of nitrogens with zero attached hydrogens (tertiary/aromatic N) is 4. The molecule has 0 N–H and O–H groups in total. The topological polar surface area (TPSA) is 92.7 Å². The zero-order chi connectivity index (χ0) is 19.3. The molecule has 0 radical (unpaired) electrons. The van der Waals surface area contributed by atoms with E-state index in [2.05, 4.69) is 9.97 Å². The van der Waals surface area contributed by atoms with Crippen LogP contribution in [0.3, 0.4) is 0 Å². The summed E-state index contributed by atoms with van der Waals surface area (Å²) in [6, 6.07) is 0. The van der Waals surface area contributed by atoms with Crippen molar-refractivity contribution in [1.82, 2.24) is 19.8 Å². The van der Waals surface area contributed by atoms with E-state index in [0.29, 0.717) is 44.1 Å². The summed E-state index contributed by atoms with van der Waals surface area (Å²) in [4.78, 5) is 48.9. The molecule has 8 nitrogen and oxygen atoms in total. The molecule has 0 saturated carbocycles. The number of rotatable bonds is 5. The lowest BCUT2D eigenvalue weighted by Gasteiger charge is -2.34. The Labute approximate surface area is 153 Å². The van der Waals surface area contributed by atoms with Gasteiger partial charge in [0.15, 0.2) is 0 Å². The molecule has 1 aliphatic heterocycles. The minimum atomic E-state index is -0.568. The van der Waals surface area contributed by atoms with Crippen LogP contribution in [0.2, 0.25) is 0 Å². The molecule has 8 heteroatoms. The molecule has 0 unspecified atom stereocenters. The number of carbonyl (C=O) groups is 3. The molecule has 142 valence electrons. The standard InChI is InChI=1S/C18H26N4O4/c1-5-7-14-15(18(25)26-6-2)16(20-12(3)19-14)17(24)22-10-8-21(9-11-22)13(4)23/h5-11H2,1-4H3. The van der Waals surface area contributed by atoms with Crippen molar-refractivity contribution >= 4 is 17.8 Å². The molecule has 0 aromatic carbocycles. The van der Waals surface area contributed by atoms with Crippen LogP contribution in [0.5, 0.6) is 0 Å². The molecule has 1 saturated heterocycles. The lowest BCUT2D eigenvalue weighted by atomic mass is 10.1. The van der Waals surface area contributed by atoms with Gasteiger partial charge in [-0.3, -0.25) is 9.59 Å². The Morgan fingerprint density at radius 1 is 1.04 bits per heavy atom. The fraction of sp³-hybridized carbons (Fsp3) is 0.611. The molecule has 0 spiro atoms. The van der Waals surface area contributed by atoms with Gasteiger partial charge in [-0.1, -0.05) is 13.3 Å². The summed E-state index contributed by atoms with van der Waals surface area (Å²) in [7, 11) is 0. The molecule has 2 heterocycles. The molecule has 2 rings (SSSR count). The maximum absolute atomic E-state index is 13.0. The van der Waals surface area contributed by atoms with E-state index in [0.717, 1.165) is 6.42 Å². The SMILES string of the molecule is CCCc1nc(C)nc(C(=O)N2CCN(C(C)=O)CC2)c1C(=O)OCC. The summed E-state index contributed by atoms with van der Waals surface area (Å²) in [5, 5.41) is 0. The first kappa shape index (κ1) is 19.8. The van der Waals surface area contributed by atoms with Crippen LogP contribution >= 0.6 is 0 Å². The van der Waals surface area contributed by atoms with E-state index >= 15 is 0 Å². The molecule has 1 aromatic rings. The van der Waals surface area contributed by atoms with Crippen molar-refractivity contribution in [2.24, 2.45) is 0 Å². The van der Waals surface area contributed by atoms with Gasteiger partial charge in [-0.25, -0.2) is 14.8 Å². The minimum Gasteiger partial charge on any atom is -0.462 e. The Balaban J connectivity index is 2.36. The average Bonchev–Trinajstić information content (AvgIpc) is 2.61. The predicted molar refractivity (Wildman–Crippen MR) is 94.9 cm³/mol. The number of aromatic nitrogens is 2. The van der Waals surface area contributed by atoms with Gasteiger partial charge in [0.25, 0.3) is 5.91 Å². The number of hydrogen-bond donors (Lipinski definition) is 0. The van der Waals surface area contributed by atoms with Gasteiger partial charge in [0.1, 0.15) is 17.1 Å². The Morgan fingerprint density at radius 3 is 2.19 bits per heavy atom. The summed E-state index contributed by atoms with van der Waals surface area (Å²) in [5.41, 5.74) is 0.804. The number of amides is 2. The molecule has 26 heavy (non-hydrogen) atoms. The van der Waals surface area contributed by atoms with E-state index in [4.69, 9.17) is 4.74 Å². The summed E-state index contributed by atoms with van der Waals surface area (Å²) < 4.78 is 5.14. The lowest BCUT2D eigenvalue weighted by molar-refractivity contribution is -0.130. The maximum atomic E-state index is 13.0. The number of piperazine rings is 1. The Hall–Kier alpha value is -2.51. The zero-order valence-electron chi connectivity index (χ0n) is 15.9. The second-order valence-electron chi connectivity index (χ2n) is 6.21. The fourth-order valence-electron chi connectivity index (χ4n) is 3.00. The fourth-order valence-corrected chi connectivity index (χ4v) is 3.00. The molecule has 0 atom stereocenters. The van der Waals surface area contributed by atoms with Crippen LogP contribution in [0.25, 0.3) is 0 Å². The van der Waals surface area contributed by atoms with Gasteiger partial charge in [-0.2, -0.15) is 0 Å². The molecular weight excluding hydrogens is 336 g/mol. The Bertz CT molecular complexity index is 697. The van der Waals surface area contributed by atoms with Crippen LogP contribution in [-0.2, 0) is 16.0 Å². The van der Waals surface area contributed by atoms with E-state index in [1.54, 1.807) is 23.6 Å². The third-order valence-electron chi connectivity index (χ3n) is 4.28. The van der Waals surface area contributed by atoms with Gasteiger partial charge >= 0.3 is 5.97 Å². The van der Waals surface area contributed by atoms with E-state index in [1.165, 1.54) is 6.92 Å². The Kier molecular flexibility index (Phi) is 6.65. The summed E-state index contributed by atoms with van der Waals surface area (Å²) in [6.07, 6.45) is 1.35. The van der Waals surface area contributed by atoms with Gasteiger partial charge < -0.3 is 14.5 Å². The first-order valence-electron chi connectivity index (χ1n) is 8.98. The van der Waals surface area contributed by atoms with Crippen molar-refractivity contribution in [2.45, 2.75) is 40.5 Å². The first-order chi connectivity index (χ1) is 12.4. The second-order valence-corrected chi connectivity index (χ2v) is 6.21. The number of esters is 1. The van der Waals surface area contributed by atoms with Gasteiger partial charge in [0, 0.05) is 33.1 Å². The summed E-state index contributed by atoms with van der Waals surface area (Å²) in [5.74, 6) is -0.444. The van der Waals surface area contributed by atoms with Gasteiger partial charge in [0.05, 0.1) is 12.3 Å². The van der Waals surface area contributed by atoms with E-state index in [-0.39, 0.29) is 29.7 Å². The molecular formula is C18H26N4O4. The number of carbonyl (C=O) groups excluding carboxylic acids is 3. The van der Waals surface area contributed by atoms with Crippen LogP contribution in [0.15, 0.2) is 0 Å². The van der Waals surface area contributed by atoms with Crippen LogP contribution < -0.4 is 0 Å². The summed E-state index contributed by atoms with van der Waals surface area (Å²) in [6.45, 7) is 8.90. The highest BCUT2D eigenvalue weighted by molar-refractivity contribution is 6.04. The number of aryl methyl sites for hydroxylation is 2. The van der Waals surface area contributed by atoms with Crippen LogP contribution in [0.1, 0.15) is 59.6 Å². The van der Waals surface area contributed by atoms with Gasteiger partial charge in [-0.05, 0) is 20.3 Å². The molecule has 0 aliphatic carbocycles. The van der Waals surface area contributed by atoms with Crippen LogP contribution in [0.4, 0.5) is 0 Å². The van der Waals surface area contributed by atoms with Crippen molar-refractivity contribution in [3.63, 3.8) is 0 Å². The largest absolute Gasteiger partial charge is 0.462 e. The maximum Gasteiger partial charge on any atom is 0.342 e. The van der Waals surface area contributed by atoms with Gasteiger partial charge in [-0.15, -0.1) is 0 Å². The third-order valence-corrected chi connectivity index (χ3v) is 4.28. The Morgan fingerprint density at radius 2 is 1.65 bits per heavy atom. The average molecular weight is 362 g/mol. The predicted octanol–water partition coefficient (Wildman–Crippen LogP) is 1.22. The van der Waals surface area contributed by atoms with E-state index in [1.807, 2.05) is 6.92 Å². The minimum absolute atomic E-state index is 0.00701. The van der Waals surface area contributed by atoms with E-state index < -0.39 is 5.97 Å². The molecule has 1 aromatic heterocycles. The third kappa shape index (κ3) is 4.36. The number of ether oxygens (including phenoxy) is 1. The highest BCUT2D eigenvalue weighted by Crippen LogP contribution is 2.18. The zero-order valence-corrected chi connectivity index (χ0v) is 15.9. The second kappa shape index (κ2) is 8.73. The van der Waals surface area contributed by atoms with Crippen molar-refractivity contribution < 1.29 is 19.1 Å². The molecule has 1 aliphatic rings. The van der Waals surface area contributed by atoms with Crippen LogP contribution in [-0.4, -0.2) is 70.3 Å². The molecule has 0 bridgehead atoms. The number of hydrogen-bond acceptors (Lipinski definition) is 6. The lowest BCUT2D eigenvalue weighted by Crippen LogP contribution is -2.50. The molecule has 2 amide bonds.